The molecule has 0 rings (SSSR count). The Hall–Kier alpha value is -0.790. The highest BCUT2D eigenvalue weighted by Gasteiger charge is 1.95. The summed E-state index contributed by atoms with van der Waals surface area (Å²) in [5.41, 5.74) is 0. The van der Waals surface area contributed by atoms with Crippen LogP contribution in [0.15, 0.2) is 12.2 Å². The molecule has 1 amide bonds. The largest absolute Gasteiger partial charge is 0.345 e. The molecule has 2 nitrogen and oxygen atoms in total. The van der Waals surface area contributed by atoms with E-state index in [-0.39, 0.29) is 5.91 Å². The molecule has 0 N–H and O–H groups in total. The zero-order chi connectivity index (χ0) is 10.8. The van der Waals surface area contributed by atoms with Crippen molar-refractivity contribution in [1.82, 2.24) is 4.90 Å². The van der Waals surface area contributed by atoms with Crippen molar-refractivity contribution < 1.29 is 4.79 Å². The number of rotatable bonds is 7. The zero-order valence-electron chi connectivity index (χ0n) is 9.75. The lowest BCUT2D eigenvalue weighted by atomic mass is 10.1. The van der Waals surface area contributed by atoms with Crippen LogP contribution in [-0.2, 0) is 4.79 Å². The van der Waals surface area contributed by atoms with Crippen LogP contribution in [0, 0.1) is 0 Å². The van der Waals surface area contributed by atoms with E-state index in [2.05, 4.69) is 6.92 Å². The molecule has 0 fully saturated rings. The van der Waals surface area contributed by atoms with Crippen molar-refractivity contribution in [1.29, 1.82) is 0 Å². The van der Waals surface area contributed by atoms with Crippen molar-refractivity contribution in [3.63, 3.8) is 0 Å². The maximum atomic E-state index is 11.1. The molecule has 0 atom stereocenters. The molecule has 0 saturated heterocycles. The van der Waals surface area contributed by atoms with Gasteiger partial charge in [0, 0.05) is 14.1 Å². The Morgan fingerprint density at radius 2 is 1.79 bits per heavy atom. The van der Waals surface area contributed by atoms with Gasteiger partial charge in [-0.1, -0.05) is 38.7 Å². The summed E-state index contributed by atoms with van der Waals surface area (Å²) in [5, 5.41) is 0. The molecule has 0 aliphatic carbocycles. The van der Waals surface area contributed by atoms with Gasteiger partial charge < -0.3 is 4.90 Å². The SMILES string of the molecule is CCCCCCC/C=C\C(=O)N(C)C. The van der Waals surface area contributed by atoms with Crippen LogP contribution in [0.4, 0.5) is 0 Å². The normalized spacial score (nSPS) is 10.8. The summed E-state index contributed by atoms with van der Waals surface area (Å²) in [7, 11) is 3.54. The van der Waals surface area contributed by atoms with Gasteiger partial charge in [-0.15, -0.1) is 0 Å². The minimum atomic E-state index is 0.0820. The van der Waals surface area contributed by atoms with Crippen molar-refractivity contribution >= 4 is 5.91 Å². The molecule has 0 aliphatic rings. The van der Waals surface area contributed by atoms with E-state index >= 15 is 0 Å². The Labute approximate surface area is 88.0 Å². The summed E-state index contributed by atoms with van der Waals surface area (Å²) in [6, 6.07) is 0. The third kappa shape index (κ3) is 7.84. The lowest BCUT2D eigenvalue weighted by Gasteiger charge is -2.04. The molecule has 14 heavy (non-hydrogen) atoms. The second-order valence-corrected chi connectivity index (χ2v) is 3.84. The molecule has 2 heteroatoms. The lowest BCUT2D eigenvalue weighted by Crippen LogP contribution is -2.18. The van der Waals surface area contributed by atoms with Crippen LogP contribution < -0.4 is 0 Å². The van der Waals surface area contributed by atoms with E-state index < -0.39 is 0 Å². The van der Waals surface area contributed by atoms with Gasteiger partial charge in [0.25, 0.3) is 0 Å². The van der Waals surface area contributed by atoms with Gasteiger partial charge in [0.15, 0.2) is 0 Å². The average Bonchev–Trinajstić information content (AvgIpc) is 2.16. The molecule has 0 aromatic carbocycles. The summed E-state index contributed by atoms with van der Waals surface area (Å²) in [4.78, 5) is 12.7. The minimum absolute atomic E-state index is 0.0820. The van der Waals surface area contributed by atoms with Crippen molar-refractivity contribution in [2.24, 2.45) is 0 Å². The highest BCUT2D eigenvalue weighted by Crippen LogP contribution is 2.05. The summed E-state index contributed by atoms with van der Waals surface area (Å²) in [5.74, 6) is 0.0820. The number of amides is 1. The molecular weight excluding hydrogens is 174 g/mol. The van der Waals surface area contributed by atoms with Gasteiger partial charge in [0.1, 0.15) is 0 Å². The van der Waals surface area contributed by atoms with E-state index in [1.807, 2.05) is 6.08 Å². The quantitative estimate of drug-likeness (QED) is 0.454. The van der Waals surface area contributed by atoms with Crippen molar-refractivity contribution in [3.8, 4) is 0 Å². The fraction of sp³-hybridized carbons (Fsp3) is 0.750. The van der Waals surface area contributed by atoms with E-state index in [1.54, 1.807) is 25.1 Å². The summed E-state index contributed by atoms with van der Waals surface area (Å²) in [6.45, 7) is 2.22. The summed E-state index contributed by atoms with van der Waals surface area (Å²) in [6.07, 6.45) is 11.1. The van der Waals surface area contributed by atoms with Crippen LogP contribution in [0.2, 0.25) is 0 Å². The summed E-state index contributed by atoms with van der Waals surface area (Å²) >= 11 is 0. The third-order valence-electron chi connectivity index (χ3n) is 2.18. The molecule has 0 aromatic rings. The van der Waals surface area contributed by atoms with Gasteiger partial charge in [0.05, 0.1) is 0 Å². The summed E-state index contributed by atoms with van der Waals surface area (Å²) < 4.78 is 0. The van der Waals surface area contributed by atoms with Crippen molar-refractivity contribution in [2.45, 2.75) is 45.4 Å². The van der Waals surface area contributed by atoms with Crippen LogP contribution >= 0.6 is 0 Å². The van der Waals surface area contributed by atoms with E-state index in [4.69, 9.17) is 0 Å². The van der Waals surface area contributed by atoms with E-state index in [0.29, 0.717) is 0 Å². The van der Waals surface area contributed by atoms with Gasteiger partial charge in [-0.3, -0.25) is 4.79 Å². The monoisotopic (exact) mass is 197 g/mol. The number of carbonyl (C=O) groups is 1. The van der Waals surface area contributed by atoms with E-state index in [0.717, 1.165) is 6.42 Å². The zero-order valence-corrected chi connectivity index (χ0v) is 9.75. The topological polar surface area (TPSA) is 20.3 Å². The van der Waals surface area contributed by atoms with Crippen LogP contribution in [0.3, 0.4) is 0 Å². The highest BCUT2D eigenvalue weighted by molar-refractivity contribution is 5.86. The Morgan fingerprint density at radius 1 is 1.14 bits per heavy atom. The molecule has 82 valence electrons. The highest BCUT2D eigenvalue weighted by atomic mass is 16.2. The molecule has 0 radical (unpaired) electrons. The molecule has 0 aromatic heterocycles. The predicted octanol–water partition coefficient (Wildman–Crippen LogP) is 2.99. The maximum Gasteiger partial charge on any atom is 0.245 e. The van der Waals surface area contributed by atoms with E-state index in [9.17, 15) is 4.79 Å². The fourth-order valence-corrected chi connectivity index (χ4v) is 1.20. The first kappa shape index (κ1) is 13.2. The minimum Gasteiger partial charge on any atom is -0.345 e. The van der Waals surface area contributed by atoms with Crippen molar-refractivity contribution in [3.05, 3.63) is 12.2 Å². The van der Waals surface area contributed by atoms with Gasteiger partial charge in [-0.25, -0.2) is 0 Å². The number of allylic oxidation sites excluding steroid dienone is 1. The molecule has 0 saturated carbocycles. The fourth-order valence-electron chi connectivity index (χ4n) is 1.20. The van der Waals surface area contributed by atoms with E-state index in [1.165, 1.54) is 32.1 Å². The number of carbonyl (C=O) groups excluding carboxylic acids is 1. The maximum absolute atomic E-state index is 11.1. The second kappa shape index (κ2) is 8.79. The number of hydrogen-bond donors (Lipinski definition) is 0. The number of likely N-dealkylation sites (N-methyl/N-ethyl adjacent to an activating group) is 1. The van der Waals surface area contributed by atoms with Gasteiger partial charge in [-0.05, 0) is 18.9 Å². The molecular formula is C12H23NO. The number of hydrogen-bond acceptors (Lipinski definition) is 1. The lowest BCUT2D eigenvalue weighted by molar-refractivity contribution is -0.123. The number of unbranched alkanes of at least 4 members (excludes halogenated alkanes) is 5. The standard InChI is InChI=1S/C12H23NO/c1-4-5-6-7-8-9-10-11-12(14)13(2)3/h10-11H,4-9H2,1-3H3/b11-10-. The van der Waals surface area contributed by atoms with Gasteiger partial charge in [-0.2, -0.15) is 0 Å². The van der Waals surface area contributed by atoms with Crippen LogP contribution in [0.5, 0.6) is 0 Å². The number of nitrogens with zero attached hydrogens (tertiary/aromatic N) is 1. The van der Waals surface area contributed by atoms with Gasteiger partial charge in [0.2, 0.25) is 5.91 Å². The Bertz CT molecular complexity index is 173. The molecule has 0 aliphatic heterocycles. The molecule has 0 heterocycles. The van der Waals surface area contributed by atoms with Crippen LogP contribution in [0.25, 0.3) is 0 Å². The van der Waals surface area contributed by atoms with Crippen LogP contribution in [-0.4, -0.2) is 24.9 Å². The Balaban J connectivity index is 3.31. The first-order chi connectivity index (χ1) is 6.68. The van der Waals surface area contributed by atoms with Gasteiger partial charge >= 0.3 is 0 Å². The van der Waals surface area contributed by atoms with Crippen molar-refractivity contribution in [2.75, 3.05) is 14.1 Å². The molecule has 0 bridgehead atoms. The second-order valence-electron chi connectivity index (χ2n) is 3.84. The third-order valence-corrected chi connectivity index (χ3v) is 2.18. The Morgan fingerprint density at radius 3 is 2.36 bits per heavy atom. The Kier molecular flexibility index (Phi) is 8.30. The first-order valence-electron chi connectivity index (χ1n) is 5.56. The predicted molar refractivity (Wildman–Crippen MR) is 61.2 cm³/mol. The van der Waals surface area contributed by atoms with Crippen LogP contribution in [0.1, 0.15) is 45.4 Å². The molecule has 0 unspecified atom stereocenters. The molecule has 0 spiro atoms. The average molecular weight is 197 g/mol. The first-order valence-corrected chi connectivity index (χ1v) is 5.56. The smallest absolute Gasteiger partial charge is 0.245 e.